The lowest BCUT2D eigenvalue weighted by molar-refractivity contribution is 0.696. The standard InChI is InChI=1S/C12H18N2/c1-9(2)10-5-11(7-14-6-10)12(8-13)3-4-12/h5-7,9H,3-4,8,13H2,1-2H3. The molecular formula is C12H18N2. The van der Waals surface area contributed by atoms with Gasteiger partial charge in [0.25, 0.3) is 0 Å². The number of pyridine rings is 1. The van der Waals surface area contributed by atoms with Crippen LogP contribution in [0.4, 0.5) is 0 Å². The molecule has 1 saturated carbocycles. The van der Waals surface area contributed by atoms with Gasteiger partial charge in [0.2, 0.25) is 0 Å². The largest absolute Gasteiger partial charge is 0.330 e. The normalized spacial score (nSPS) is 18.6. The van der Waals surface area contributed by atoms with Crippen molar-refractivity contribution in [1.82, 2.24) is 4.98 Å². The Morgan fingerprint density at radius 3 is 2.64 bits per heavy atom. The summed E-state index contributed by atoms with van der Waals surface area (Å²) in [4.78, 5) is 4.30. The highest BCUT2D eigenvalue weighted by molar-refractivity contribution is 5.33. The third-order valence-corrected chi connectivity index (χ3v) is 3.28. The Morgan fingerprint density at radius 1 is 1.43 bits per heavy atom. The molecule has 76 valence electrons. The van der Waals surface area contributed by atoms with E-state index in [1.54, 1.807) is 0 Å². The summed E-state index contributed by atoms with van der Waals surface area (Å²) in [7, 11) is 0. The fraction of sp³-hybridized carbons (Fsp3) is 0.583. The lowest BCUT2D eigenvalue weighted by atomic mass is 9.94. The average Bonchev–Trinajstić information content (AvgIpc) is 2.98. The summed E-state index contributed by atoms with van der Waals surface area (Å²) >= 11 is 0. The zero-order chi connectivity index (χ0) is 10.2. The molecule has 1 aromatic rings. The maximum atomic E-state index is 5.80. The molecule has 0 aromatic carbocycles. The van der Waals surface area contributed by atoms with Crippen molar-refractivity contribution in [1.29, 1.82) is 0 Å². The van der Waals surface area contributed by atoms with E-state index in [0.717, 1.165) is 6.54 Å². The van der Waals surface area contributed by atoms with E-state index < -0.39 is 0 Å². The van der Waals surface area contributed by atoms with E-state index >= 15 is 0 Å². The van der Waals surface area contributed by atoms with Crippen molar-refractivity contribution in [3.8, 4) is 0 Å². The van der Waals surface area contributed by atoms with Crippen LogP contribution in [-0.2, 0) is 5.41 Å². The van der Waals surface area contributed by atoms with E-state index in [9.17, 15) is 0 Å². The minimum Gasteiger partial charge on any atom is -0.330 e. The summed E-state index contributed by atoms with van der Waals surface area (Å²) in [5.74, 6) is 0.552. The second-order valence-electron chi connectivity index (χ2n) is 4.65. The Hall–Kier alpha value is -0.890. The van der Waals surface area contributed by atoms with Gasteiger partial charge in [-0.3, -0.25) is 4.98 Å². The molecule has 2 N–H and O–H groups in total. The number of aromatic nitrogens is 1. The van der Waals surface area contributed by atoms with Gasteiger partial charge in [0.1, 0.15) is 0 Å². The molecule has 1 aromatic heterocycles. The quantitative estimate of drug-likeness (QED) is 0.793. The fourth-order valence-corrected chi connectivity index (χ4v) is 1.83. The first kappa shape index (κ1) is 9.66. The van der Waals surface area contributed by atoms with Crippen molar-refractivity contribution in [2.75, 3.05) is 6.54 Å². The number of rotatable bonds is 3. The van der Waals surface area contributed by atoms with Crippen LogP contribution in [0.25, 0.3) is 0 Å². The highest BCUT2D eigenvalue weighted by Gasteiger charge is 2.43. The molecule has 2 heteroatoms. The number of nitrogens with two attached hydrogens (primary N) is 1. The van der Waals surface area contributed by atoms with Gasteiger partial charge in [0, 0.05) is 24.4 Å². The molecule has 0 radical (unpaired) electrons. The molecule has 0 amide bonds. The Morgan fingerprint density at radius 2 is 2.14 bits per heavy atom. The topological polar surface area (TPSA) is 38.9 Å². The van der Waals surface area contributed by atoms with Gasteiger partial charge in [-0.05, 0) is 29.9 Å². The van der Waals surface area contributed by atoms with Gasteiger partial charge < -0.3 is 5.73 Å². The second kappa shape index (κ2) is 3.35. The van der Waals surface area contributed by atoms with E-state index in [1.165, 1.54) is 24.0 Å². The minimum absolute atomic E-state index is 0.276. The number of hydrogen-bond donors (Lipinski definition) is 1. The molecule has 0 aliphatic heterocycles. The zero-order valence-corrected chi connectivity index (χ0v) is 8.96. The summed E-state index contributed by atoms with van der Waals surface area (Å²) in [5, 5.41) is 0. The van der Waals surface area contributed by atoms with Crippen LogP contribution >= 0.6 is 0 Å². The van der Waals surface area contributed by atoms with Crippen LogP contribution in [0.5, 0.6) is 0 Å². The SMILES string of the molecule is CC(C)c1cncc(C2(CN)CC2)c1. The molecule has 0 atom stereocenters. The molecule has 1 aliphatic rings. The predicted molar refractivity (Wildman–Crippen MR) is 58.3 cm³/mol. The highest BCUT2D eigenvalue weighted by atomic mass is 14.7. The van der Waals surface area contributed by atoms with E-state index in [4.69, 9.17) is 5.73 Å². The first-order valence-electron chi connectivity index (χ1n) is 5.33. The van der Waals surface area contributed by atoms with Crippen molar-refractivity contribution < 1.29 is 0 Å². The third kappa shape index (κ3) is 1.55. The number of nitrogens with zero attached hydrogens (tertiary/aromatic N) is 1. The van der Waals surface area contributed by atoms with E-state index in [1.807, 2.05) is 12.4 Å². The smallest absolute Gasteiger partial charge is 0.0306 e. The van der Waals surface area contributed by atoms with Crippen LogP contribution in [-0.4, -0.2) is 11.5 Å². The Balaban J connectivity index is 2.31. The molecule has 0 saturated heterocycles. The lowest BCUT2D eigenvalue weighted by Gasteiger charge is -2.14. The van der Waals surface area contributed by atoms with Gasteiger partial charge in [0.15, 0.2) is 0 Å². The van der Waals surface area contributed by atoms with Crippen LogP contribution in [0.1, 0.15) is 43.7 Å². The Kier molecular flexibility index (Phi) is 2.31. The van der Waals surface area contributed by atoms with Gasteiger partial charge in [-0.25, -0.2) is 0 Å². The van der Waals surface area contributed by atoms with Gasteiger partial charge >= 0.3 is 0 Å². The molecule has 2 nitrogen and oxygen atoms in total. The van der Waals surface area contributed by atoms with E-state index in [-0.39, 0.29) is 5.41 Å². The molecule has 0 unspecified atom stereocenters. The molecule has 0 spiro atoms. The third-order valence-electron chi connectivity index (χ3n) is 3.28. The number of hydrogen-bond acceptors (Lipinski definition) is 2. The summed E-state index contributed by atoms with van der Waals surface area (Å²) in [5.41, 5.74) is 8.74. The van der Waals surface area contributed by atoms with Gasteiger partial charge in [-0.1, -0.05) is 19.9 Å². The summed E-state index contributed by atoms with van der Waals surface area (Å²) in [6, 6.07) is 2.28. The second-order valence-corrected chi connectivity index (χ2v) is 4.65. The maximum absolute atomic E-state index is 5.80. The van der Waals surface area contributed by atoms with Crippen molar-refractivity contribution in [2.45, 2.75) is 38.0 Å². The van der Waals surface area contributed by atoms with Crippen LogP contribution in [0.2, 0.25) is 0 Å². The van der Waals surface area contributed by atoms with Gasteiger partial charge in [-0.2, -0.15) is 0 Å². The first-order chi connectivity index (χ1) is 6.68. The van der Waals surface area contributed by atoms with Crippen LogP contribution in [0.15, 0.2) is 18.5 Å². The minimum atomic E-state index is 0.276. The van der Waals surface area contributed by atoms with Crippen molar-refractivity contribution >= 4 is 0 Å². The van der Waals surface area contributed by atoms with Crippen LogP contribution in [0, 0.1) is 0 Å². The first-order valence-corrected chi connectivity index (χ1v) is 5.33. The molecule has 2 rings (SSSR count). The van der Waals surface area contributed by atoms with Crippen LogP contribution < -0.4 is 5.73 Å². The Bertz CT molecular complexity index is 327. The molecule has 14 heavy (non-hydrogen) atoms. The molecule has 0 bridgehead atoms. The van der Waals surface area contributed by atoms with E-state index in [0.29, 0.717) is 5.92 Å². The molecule has 1 aliphatic carbocycles. The molecule has 1 fully saturated rings. The molecular weight excluding hydrogens is 172 g/mol. The predicted octanol–water partition coefficient (Wildman–Crippen LogP) is 2.20. The van der Waals surface area contributed by atoms with Gasteiger partial charge in [0.05, 0.1) is 0 Å². The fourth-order valence-electron chi connectivity index (χ4n) is 1.83. The Labute approximate surface area is 85.5 Å². The lowest BCUT2D eigenvalue weighted by Crippen LogP contribution is -2.20. The van der Waals surface area contributed by atoms with Crippen molar-refractivity contribution in [2.24, 2.45) is 5.73 Å². The van der Waals surface area contributed by atoms with Crippen molar-refractivity contribution in [3.05, 3.63) is 29.6 Å². The van der Waals surface area contributed by atoms with Gasteiger partial charge in [-0.15, -0.1) is 0 Å². The average molecular weight is 190 g/mol. The summed E-state index contributed by atoms with van der Waals surface area (Å²) < 4.78 is 0. The monoisotopic (exact) mass is 190 g/mol. The summed E-state index contributed by atoms with van der Waals surface area (Å²) in [6.07, 6.45) is 6.39. The highest BCUT2D eigenvalue weighted by Crippen LogP contribution is 2.47. The molecule has 1 heterocycles. The zero-order valence-electron chi connectivity index (χ0n) is 8.96. The van der Waals surface area contributed by atoms with Crippen molar-refractivity contribution in [3.63, 3.8) is 0 Å². The maximum Gasteiger partial charge on any atom is 0.0306 e. The van der Waals surface area contributed by atoms with Crippen LogP contribution in [0.3, 0.4) is 0 Å². The van der Waals surface area contributed by atoms with E-state index in [2.05, 4.69) is 24.9 Å². The summed E-state index contributed by atoms with van der Waals surface area (Å²) in [6.45, 7) is 5.15.